The first-order chi connectivity index (χ1) is 12.8. The van der Waals surface area contributed by atoms with Crippen LogP contribution in [0.4, 0.5) is 0 Å². The molecule has 0 saturated carbocycles. The molecule has 8 nitrogen and oxygen atoms in total. The van der Waals surface area contributed by atoms with Gasteiger partial charge < -0.3 is 24.7 Å². The Morgan fingerprint density at radius 1 is 1.27 bits per heavy atom. The number of benzene rings is 1. The summed E-state index contributed by atoms with van der Waals surface area (Å²) in [7, 11) is 0. The minimum Gasteiger partial charge on any atom is -0.486 e. The SMILES string of the molecule is CCNC(=NCc1nnc2n1CCC2)NCC1COc2ccccc2O1. The number of aliphatic imine (C=N–C) groups is 1. The van der Waals surface area contributed by atoms with Crippen molar-refractivity contribution in [1.29, 1.82) is 0 Å². The molecule has 0 aliphatic carbocycles. The molecule has 3 heterocycles. The van der Waals surface area contributed by atoms with Crippen LogP contribution in [0.1, 0.15) is 25.0 Å². The summed E-state index contributed by atoms with van der Waals surface area (Å²) in [6.45, 7) is 5.45. The molecule has 0 fully saturated rings. The van der Waals surface area contributed by atoms with Crippen molar-refractivity contribution in [2.45, 2.75) is 39.0 Å². The van der Waals surface area contributed by atoms with Crippen molar-refractivity contribution in [2.75, 3.05) is 19.7 Å². The number of aryl methyl sites for hydroxylation is 1. The fourth-order valence-corrected chi connectivity index (χ4v) is 3.19. The van der Waals surface area contributed by atoms with Crippen molar-refractivity contribution in [3.63, 3.8) is 0 Å². The van der Waals surface area contributed by atoms with Crippen molar-refractivity contribution in [3.05, 3.63) is 35.9 Å². The fourth-order valence-electron chi connectivity index (χ4n) is 3.19. The summed E-state index contributed by atoms with van der Waals surface area (Å²) in [6.07, 6.45) is 2.08. The van der Waals surface area contributed by atoms with Crippen LogP contribution in [0.2, 0.25) is 0 Å². The minimum atomic E-state index is -0.0638. The molecule has 0 saturated heterocycles. The molecule has 2 aliphatic rings. The zero-order valence-corrected chi connectivity index (χ0v) is 14.9. The van der Waals surface area contributed by atoms with Crippen LogP contribution in [0.3, 0.4) is 0 Å². The molecule has 26 heavy (non-hydrogen) atoms. The molecular formula is C18H24N6O2. The number of guanidine groups is 1. The molecule has 1 atom stereocenters. The van der Waals surface area contributed by atoms with Crippen LogP contribution < -0.4 is 20.1 Å². The number of ether oxygens (including phenoxy) is 2. The van der Waals surface area contributed by atoms with Gasteiger partial charge in [-0.1, -0.05) is 12.1 Å². The van der Waals surface area contributed by atoms with Crippen molar-refractivity contribution in [1.82, 2.24) is 25.4 Å². The van der Waals surface area contributed by atoms with Gasteiger partial charge in [-0.3, -0.25) is 0 Å². The molecule has 8 heteroatoms. The first-order valence-electron chi connectivity index (χ1n) is 9.15. The van der Waals surface area contributed by atoms with Crippen LogP contribution in [0.25, 0.3) is 0 Å². The second kappa shape index (κ2) is 7.63. The Balaban J connectivity index is 1.35. The molecule has 0 radical (unpaired) electrons. The maximum atomic E-state index is 5.97. The highest BCUT2D eigenvalue weighted by atomic mass is 16.6. The number of fused-ring (bicyclic) bond motifs is 2. The summed E-state index contributed by atoms with van der Waals surface area (Å²) in [5.74, 6) is 4.31. The Kier molecular flexibility index (Phi) is 4.90. The van der Waals surface area contributed by atoms with Crippen LogP contribution in [0.15, 0.2) is 29.3 Å². The van der Waals surface area contributed by atoms with Gasteiger partial charge in [0.2, 0.25) is 0 Å². The molecule has 0 bridgehead atoms. The van der Waals surface area contributed by atoms with Gasteiger partial charge in [0.05, 0.1) is 6.54 Å². The Hall–Kier alpha value is -2.77. The van der Waals surface area contributed by atoms with Gasteiger partial charge in [-0.05, 0) is 25.5 Å². The number of hydrogen-bond donors (Lipinski definition) is 2. The van der Waals surface area contributed by atoms with Crippen LogP contribution in [-0.2, 0) is 19.5 Å². The van der Waals surface area contributed by atoms with E-state index in [4.69, 9.17) is 9.47 Å². The average molecular weight is 356 g/mol. The molecule has 1 unspecified atom stereocenters. The fraction of sp³-hybridized carbons (Fsp3) is 0.500. The Bertz CT molecular complexity index is 788. The molecular weight excluding hydrogens is 332 g/mol. The minimum absolute atomic E-state index is 0.0638. The molecule has 1 aromatic heterocycles. The second-order valence-corrected chi connectivity index (χ2v) is 6.36. The maximum absolute atomic E-state index is 5.97. The predicted molar refractivity (Wildman–Crippen MR) is 97.5 cm³/mol. The normalized spacial score (nSPS) is 18.5. The molecule has 2 N–H and O–H groups in total. The summed E-state index contributed by atoms with van der Waals surface area (Å²) in [5.41, 5.74) is 0. The van der Waals surface area contributed by atoms with Gasteiger partial charge in [-0.25, -0.2) is 4.99 Å². The first kappa shape index (κ1) is 16.7. The second-order valence-electron chi connectivity index (χ2n) is 6.36. The summed E-state index contributed by atoms with van der Waals surface area (Å²) >= 11 is 0. The Morgan fingerprint density at radius 2 is 2.15 bits per heavy atom. The van der Waals surface area contributed by atoms with E-state index in [1.165, 1.54) is 0 Å². The standard InChI is InChI=1S/C18H24N6O2/c1-2-19-18(21-11-17-23-22-16-8-5-9-24(16)17)20-10-13-12-25-14-6-3-4-7-15(14)26-13/h3-4,6-7,13H,2,5,8-12H2,1H3,(H2,19,20,21). The predicted octanol–water partition coefficient (Wildman–Crippen LogP) is 1.12. The summed E-state index contributed by atoms with van der Waals surface area (Å²) in [6, 6.07) is 7.73. The van der Waals surface area contributed by atoms with E-state index in [1.54, 1.807) is 0 Å². The topological polar surface area (TPSA) is 85.6 Å². The van der Waals surface area contributed by atoms with Gasteiger partial charge in [-0.2, -0.15) is 0 Å². The van der Waals surface area contributed by atoms with Crippen LogP contribution >= 0.6 is 0 Å². The summed E-state index contributed by atoms with van der Waals surface area (Å²) in [4.78, 5) is 4.64. The summed E-state index contributed by atoms with van der Waals surface area (Å²) < 4.78 is 13.9. The highest BCUT2D eigenvalue weighted by Crippen LogP contribution is 2.30. The van der Waals surface area contributed by atoms with E-state index in [0.717, 1.165) is 55.0 Å². The van der Waals surface area contributed by atoms with Crippen molar-refractivity contribution >= 4 is 5.96 Å². The lowest BCUT2D eigenvalue weighted by atomic mass is 10.2. The molecule has 2 aromatic rings. The Morgan fingerprint density at radius 3 is 3.04 bits per heavy atom. The molecule has 1 aromatic carbocycles. The number of hydrogen-bond acceptors (Lipinski definition) is 5. The lowest BCUT2D eigenvalue weighted by molar-refractivity contribution is 0.0936. The van der Waals surface area contributed by atoms with Crippen LogP contribution in [-0.4, -0.2) is 46.5 Å². The zero-order chi connectivity index (χ0) is 17.8. The lowest BCUT2D eigenvalue weighted by Gasteiger charge is -2.27. The van der Waals surface area contributed by atoms with Gasteiger partial charge in [0, 0.05) is 19.5 Å². The van der Waals surface area contributed by atoms with Crippen LogP contribution in [0.5, 0.6) is 11.5 Å². The third-order valence-corrected chi connectivity index (χ3v) is 4.47. The van der Waals surface area contributed by atoms with Crippen molar-refractivity contribution in [3.8, 4) is 11.5 Å². The van der Waals surface area contributed by atoms with E-state index in [0.29, 0.717) is 19.7 Å². The van der Waals surface area contributed by atoms with E-state index in [1.807, 2.05) is 31.2 Å². The highest BCUT2D eigenvalue weighted by molar-refractivity contribution is 5.79. The molecule has 138 valence electrons. The number of nitrogens with zero attached hydrogens (tertiary/aromatic N) is 4. The third kappa shape index (κ3) is 3.58. The molecule has 0 amide bonds. The van der Waals surface area contributed by atoms with Crippen molar-refractivity contribution in [2.24, 2.45) is 4.99 Å². The van der Waals surface area contributed by atoms with E-state index in [2.05, 4.69) is 30.4 Å². The summed E-state index contributed by atoms with van der Waals surface area (Å²) in [5, 5.41) is 15.1. The number of aromatic nitrogens is 3. The van der Waals surface area contributed by atoms with E-state index < -0.39 is 0 Å². The number of nitrogens with one attached hydrogen (secondary N) is 2. The average Bonchev–Trinajstić information content (AvgIpc) is 3.28. The van der Waals surface area contributed by atoms with E-state index in [-0.39, 0.29) is 6.10 Å². The molecule has 2 aliphatic heterocycles. The van der Waals surface area contributed by atoms with Gasteiger partial charge in [0.15, 0.2) is 23.3 Å². The lowest BCUT2D eigenvalue weighted by Crippen LogP contribution is -2.45. The highest BCUT2D eigenvalue weighted by Gasteiger charge is 2.21. The van der Waals surface area contributed by atoms with E-state index >= 15 is 0 Å². The largest absolute Gasteiger partial charge is 0.486 e. The maximum Gasteiger partial charge on any atom is 0.191 e. The quantitative estimate of drug-likeness (QED) is 0.617. The third-order valence-electron chi connectivity index (χ3n) is 4.47. The van der Waals surface area contributed by atoms with Gasteiger partial charge >= 0.3 is 0 Å². The van der Waals surface area contributed by atoms with Gasteiger partial charge in [0.25, 0.3) is 0 Å². The Labute approximate surface area is 152 Å². The molecule has 4 rings (SSSR count). The smallest absolute Gasteiger partial charge is 0.191 e. The van der Waals surface area contributed by atoms with Crippen LogP contribution in [0, 0.1) is 0 Å². The monoisotopic (exact) mass is 356 g/mol. The number of para-hydroxylation sites is 2. The first-order valence-corrected chi connectivity index (χ1v) is 9.15. The van der Waals surface area contributed by atoms with Gasteiger partial charge in [-0.15, -0.1) is 10.2 Å². The van der Waals surface area contributed by atoms with Crippen molar-refractivity contribution < 1.29 is 9.47 Å². The van der Waals surface area contributed by atoms with E-state index in [9.17, 15) is 0 Å². The van der Waals surface area contributed by atoms with Gasteiger partial charge in [0.1, 0.15) is 25.1 Å². The number of rotatable bonds is 5. The zero-order valence-electron chi connectivity index (χ0n) is 14.9. The molecule has 0 spiro atoms.